The number of anilines is 1. The molecule has 0 bridgehead atoms. The van der Waals surface area contributed by atoms with Gasteiger partial charge in [-0.15, -0.1) is 0 Å². The third-order valence-electron chi connectivity index (χ3n) is 1.89. The molecule has 0 saturated heterocycles. The molecular formula is C10H10ClN3O. The van der Waals surface area contributed by atoms with Crippen molar-refractivity contribution < 1.29 is 4.79 Å². The van der Waals surface area contributed by atoms with Crippen molar-refractivity contribution in [3.05, 3.63) is 28.8 Å². The predicted molar refractivity (Wildman–Crippen MR) is 58.4 cm³/mol. The highest BCUT2D eigenvalue weighted by molar-refractivity contribution is 6.33. The zero-order chi connectivity index (χ0) is 11.4. The highest BCUT2D eigenvalue weighted by Crippen LogP contribution is 2.23. The van der Waals surface area contributed by atoms with Crippen LogP contribution in [0.15, 0.2) is 18.2 Å². The van der Waals surface area contributed by atoms with E-state index in [0.717, 1.165) is 0 Å². The average molecular weight is 224 g/mol. The highest BCUT2D eigenvalue weighted by Gasteiger charge is 2.10. The Morgan fingerprint density at radius 1 is 1.67 bits per heavy atom. The van der Waals surface area contributed by atoms with Gasteiger partial charge in [0.1, 0.15) is 6.04 Å². The summed E-state index contributed by atoms with van der Waals surface area (Å²) in [5.41, 5.74) is 6.10. The molecular weight excluding hydrogens is 214 g/mol. The van der Waals surface area contributed by atoms with E-state index >= 15 is 0 Å². The summed E-state index contributed by atoms with van der Waals surface area (Å²) < 4.78 is 0. The lowest BCUT2D eigenvalue weighted by Crippen LogP contribution is -2.32. The summed E-state index contributed by atoms with van der Waals surface area (Å²) in [7, 11) is 0. The second kappa shape index (κ2) is 4.67. The molecule has 0 heterocycles. The number of nitrogens with zero attached hydrogens (tertiary/aromatic N) is 1. The number of carbonyl (C=O) groups excluding carboxylic acids is 1. The van der Waals surface area contributed by atoms with Gasteiger partial charge in [-0.25, -0.2) is 0 Å². The standard InChI is InChI=1S/C10H10ClN3O/c1-6(10(13)15)14-9-4-7(5-12)2-3-8(9)11/h2-4,6,14H,1H3,(H2,13,15). The minimum atomic E-state index is -0.531. The van der Waals surface area contributed by atoms with E-state index in [9.17, 15) is 4.79 Å². The lowest BCUT2D eigenvalue weighted by molar-refractivity contribution is -0.118. The van der Waals surface area contributed by atoms with E-state index in [1.54, 1.807) is 25.1 Å². The Balaban J connectivity index is 2.94. The lowest BCUT2D eigenvalue weighted by atomic mass is 10.2. The minimum Gasteiger partial charge on any atom is -0.373 e. The number of primary amides is 1. The SMILES string of the molecule is CC(Nc1cc(C#N)ccc1Cl)C(N)=O. The van der Waals surface area contributed by atoms with Crippen molar-refractivity contribution in [3.8, 4) is 6.07 Å². The average Bonchev–Trinajstić information content (AvgIpc) is 2.21. The van der Waals surface area contributed by atoms with Crippen molar-refractivity contribution in [2.75, 3.05) is 5.32 Å². The fourth-order valence-electron chi connectivity index (χ4n) is 1.01. The van der Waals surface area contributed by atoms with Gasteiger partial charge in [0.25, 0.3) is 0 Å². The number of hydrogen-bond acceptors (Lipinski definition) is 3. The predicted octanol–water partition coefficient (Wildman–Crippen LogP) is 1.50. The van der Waals surface area contributed by atoms with Crippen molar-refractivity contribution in [2.45, 2.75) is 13.0 Å². The Kier molecular flexibility index (Phi) is 3.53. The van der Waals surface area contributed by atoms with E-state index in [1.807, 2.05) is 6.07 Å². The fourth-order valence-corrected chi connectivity index (χ4v) is 1.18. The molecule has 0 aromatic heterocycles. The van der Waals surface area contributed by atoms with Crippen LogP contribution in [0.5, 0.6) is 0 Å². The van der Waals surface area contributed by atoms with Crippen LogP contribution in [-0.4, -0.2) is 11.9 Å². The van der Waals surface area contributed by atoms with Gasteiger partial charge < -0.3 is 11.1 Å². The third kappa shape index (κ3) is 2.86. The van der Waals surface area contributed by atoms with Gasteiger partial charge in [-0.05, 0) is 25.1 Å². The summed E-state index contributed by atoms with van der Waals surface area (Å²) in [4.78, 5) is 10.8. The molecule has 0 aliphatic carbocycles. The van der Waals surface area contributed by atoms with E-state index in [0.29, 0.717) is 16.3 Å². The Bertz CT molecular complexity index is 425. The molecule has 15 heavy (non-hydrogen) atoms. The first-order chi connectivity index (χ1) is 7.04. The molecule has 1 unspecified atom stereocenters. The van der Waals surface area contributed by atoms with Gasteiger partial charge in [-0.3, -0.25) is 4.79 Å². The van der Waals surface area contributed by atoms with Gasteiger partial charge in [0, 0.05) is 0 Å². The number of hydrogen-bond donors (Lipinski definition) is 2. The van der Waals surface area contributed by atoms with E-state index < -0.39 is 11.9 Å². The van der Waals surface area contributed by atoms with Crippen LogP contribution >= 0.6 is 11.6 Å². The summed E-state index contributed by atoms with van der Waals surface area (Å²) in [6, 6.07) is 6.22. The van der Waals surface area contributed by atoms with E-state index in [4.69, 9.17) is 22.6 Å². The molecule has 0 spiro atoms. The van der Waals surface area contributed by atoms with Crippen LogP contribution in [0.2, 0.25) is 5.02 Å². The molecule has 1 aromatic carbocycles. The van der Waals surface area contributed by atoms with Gasteiger partial charge in [-0.2, -0.15) is 5.26 Å². The molecule has 5 heteroatoms. The van der Waals surface area contributed by atoms with Crippen LogP contribution in [0.1, 0.15) is 12.5 Å². The molecule has 1 atom stereocenters. The fraction of sp³-hybridized carbons (Fsp3) is 0.200. The van der Waals surface area contributed by atoms with Gasteiger partial charge in [-0.1, -0.05) is 11.6 Å². The number of rotatable bonds is 3. The second-order valence-electron chi connectivity index (χ2n) is 3.07. The first kappa shape index (κ1) is 11.3. The maximum absolute atomic E-state index is 10.8. The van der Waals surface area contributed by atoms with Gasteiger partial charge in [0.15, 0.2) is 0 Å². The van der Waals surface area contributed by atoms with E-state index in [1.165, 1.54) is 0 Å². The summed E-state index contributed by atoms with van der Waals surface area (Å²) in [6.45, 7) is 1.62. The van der Waals surface area contributed by atoms with Gasteiger partial charge in [0.05, 0.1) is 22.3 Å². The van der Waals surface area contributed by atoms with Crippen molar-refractivity contribution >= 4 is 23.2 Å². The van der Waals surface area contributed by atoms with Crippen LogP contribution in [0, 0.1) is 11.3 Å². The maximum Gasteiger partial charge on any atom is 0.239 e. The molecule has 0 aliphatic heterocycles. The number of nitriles is 1. The normalized spacial score (nSPS) is 11.5. The molecule has 1 amide bonds. The topological polar surface area (TPSA) is 78.9 Å². The first-order valence-corrected chi connectivity index (χ1v) is 4.68. The number of nitrogens with one attached hydrogen (secondary N) is 1. The number of amides is 1. The van der Waals surface area contributed by atoms with Crippen LogP contribution in [0.4, 0.5) is 5.69 Å². The molecule has 4 nitrogen and oxygen atoms in total. The molecule has 0 saturated carbocycles. The lowest BCUT2D eigenvalue weighted by Gasteiger charge is -2.12. The number of carbonyl (C=O) groups is 1. The Morgan fingerprint density at radius 3 is 2.87 bits per heavy atom. The van der Waals surface area contributed by atoms with Crippen LogP contribution in [0.3, 0.4) is 0 Å². The summed E-state index contributed by atoms with van der Waals surface area (Å²) in [5.74, 6) is -0.478. The summed E-state index contributed by atoms with van der Waals surface area (Å²) >= 11 is 5.88. The summed E-state index contributed by atoms with van der Waals surface area (Å²) in [5, 5.41) is 12.0. The smallest absolute Gasteiger partial charge is 0.239 e. The molecule has 0 aliphatic rings. The summed E-state index contributed by atoms with van der Waals surface area (Å²) in [6.07, 6.45) is 0. The van der Waals surface area contributed by atoms with Crippen molar-refractivity contribution in [1.29, 1.82) is 5.26 Å². The van der Waals surface area contributed by atoms with E-state index in [2.05, 4.69) is 5.32 Å². The van der Waals surface area contributed by atoms with Gasteiger partial charge in [0.2, 0.25) is 5.91 Å². The van der Waals surface area contributed by atoms with Crippen molar-refractivity contribution in [3.63, 3.8) is 0 Å². The Hall–Kier alpha value is -1.73. The zero-order valence-corrected chi connectivity index (χ0v) is 8.88. The van der Waals surface area contributed by atoms with E-state index in [-0.39, 0.29) is 0 Å². The second-order valence-corrected chi connectivity index (χ2v) is 3.48. The van der Waals surface area contributed by atoms with Gasteiger partial charge >= 0.3 is 0 Å². The largest absolute Gasteiger partial charge is 0.373 e. The van der Waals surface area contributed by atoms with Crippen LogP contribution in [-0.2, 0) is 4.79 Å². The highest BCUT2D eigenvalue weighted by atomic mass is 35.5. The Labute approximate surface area is 92.6 Å². The number of nitrogens with two attached hydrogens (primary N) is 1. The van der Waals surface area contributed by atoms with Crippen molar-refractivity contribution in [1.82, 2.24) is 0 Å². The van der Waals surface area contributed by atoms with Crippen molar-refractivity contribution in [2.24, 2.45) is 5.73 Å². The zero-order valence-electron chi connectivity index (χ0n) is 8.12. The molecule has 3 N–H and O–H groups in total. The van der Waals surface area contributed by atoms with Crippen LogP contribution < -0.4 is 11.1 Å². The Morgan fingerprint density at radius 2 is 2.33 bits per heavy atom. The first-order valence-electron chi connectivity index (χ1n) is 4.30. The molecule has 78 valence electrons. The van der Waals surface area contributed by atoms with Crippen LogP contribution in [0.25, 0.3) is 0 Å². The number of benzene rings is 1. The minimum absolute atomic E-state index is 0.446. The number of halogens is 1. The molecule has 0 radical (unpaired) electrons. The molecule has 1 aromatic rings. The maximum atomic E-state index is 10.8. The quantitative estimate of drug-likeness (QED) is 0.815. The monoisotopic (exact) mass is 223 g/mol. The molecule has 0 fully saturated rings. The molecule has 1 rings (SSSR count). The third-order valence-corrected chi connectivity index (χ3v) is 2.22.